The van der Waals surface area contributed by atoms with Crippen LogP contribution in [0.5, 0.6) is 11.5 Å². The molecule has 1 unspecified atom stereocenters. The lowest BCUT2D eigenvalue weighted by atomic mass is 10.1. The van der Waals surface area contributed by atoms with E-state index in [4.69, 9.17) is 15.2 Å². The number of nitrogens with two attached hydrogens (primary N) is 1. The summed E-state index contributed by atoms with van der Waals surface area (Å²) in [6.07, 6.45) is 1.51. The molecule has 28 heavy (non-hydrogen) atoms. The molecule has 0 bridgehead atoms. The van der Waals surface area contributed by atoms with Gasteiger partial charge in [-0.25, -0.2) is 4.79 Å². The highest BCUT2D eigenvalue weighted by Gasteiger charge is 2.41. The van der Waals surface area contributed by atoms with Gasteiger partial charge in [0.2, 0.25) is 0 Å². The Morgan fingerprint density at radius 3 is 2.57 bits per heavy atom. The van der Waals surface area contributed by atoms with E-state index in [1.807, 2.05) is 0 Å². The van der Waals surface area contributed by atoms with E-state index in [2.05, 4.69) is 4.74 Å². The van der Waals surface area contributed by atoms with Crippen molar-refractivity contribution in [2.45, 2.75) is 19.9 Å². The molecule has 1 aliphatic heterocycles. The van der Waals surface area contributed by atoms with Gasteiger partial charge in [-0.2, -0.15) is 0 Å². The van der Waals surface area contributed by atoms with Crippen molar-refractivity contribution in [2.24, 2.45) is 5.73 Å². The van der Waals surface area contributed by atoms with E-state index in [9.17, 15) is 19.2 Å². The van der Waals surface area contributed by atoms with Gasteiger partial charge in [-0.3, -0.25) is 19.3 Å². The van der Waals surface area contributed by atoms with Crippen LogP contribution in [0.25, 0.3) is 6.08 Å². The summed E-state index contributed by atoms with van der Waals surface area (Å²) in [7, 11) is 1.19. The van der Waals surface area contributed by atoms with Crippen molar-refractivity contribution < 1.29 is 33.4 Å². The van der Waals surface area contributed by atoms with Crippen molar-refractivity contribution in [1.29, 1.82) is 0 Å². The Kier molecular flexibility index (Phi) is 7.05. The predicted octanol–water partition coefficient (Wildman–Crippen LogP) is 1.55. The first kappa shape index (κ1) is 21.3. The van der Waals surface area contributed by atoms with Crippen LogP contribution in [0.15, 0.2) is 23.1 Å². The van der Waals surface area contributed by atoms with Crippen LogP contribution < -0.4 is 15.2 Å². The molecule has 0 saturated carbocycles. The molecular formula is C18H20N2O7S. The van der Waals surface area contributed by atoms with Gasteiger partial charge in [0.1, 0.15) is 6.04 Å². The Labute approximate surface area is 165 Å². The van der Waals surface area contributed by atoms with Crippen molar-refractivity contribution in [2.75, 3.05) is 20.3 Å². The summed E-state index contributed by atoms with van der Waals surface area (Å²) in [6, 6.07) is 3.79. The van der Waals surface area contributed by atoms with Crippen molar-refractivity contribution >= 4 is 40.9 Å². The lowest BCUT2D eigenvalue weighted by molar-refractivity contribution is -0.148. The van der Waals surface area contributed by atoms with Crippen LogP contribution in [0.3, 0.4) is 0 Å². The third kappa shape index (κ3) is 4.83. The topological polar surface area (TPSA) is 125 Å². The first-order chi connectivity index (χ1) is 13.3. The molecular weight excluding hydrogens is 388 g/mol. The molecule has 0 spiro atoms. The number of hydrogen-bond acceptors (Lipinski definition) is 8. The molecule has 1 atom stereocenters. The van der Waals surface area contributed by atoms with Crippen LogP contribution in [-0.4, -0.2) is 54.3 Å². The number of carbonyl (C=O) groups is 4. The Balaban J connectivity index is 2.28. The molecule has 9 nitrogen and oxygen atoms in total. The van der Waals surface area contributed by atoms with Crippen molar-refractivity contribution in [1.82, 2.24) is 4.90 Å². The first-order valence-electron chi connectivity index (χ1n) is 8.31. The Morgan fingerprint density at radius 1 is 1.25 bits per heavy atom. The van der Waals surface area contributed by atoms with Gasteiger partial charge >= 0.3 is 5.97 Å². The van der Waals surface area contributed by atoms with Gasteiger partial charge in [0.25, 0.3) is 17.1 Å². The van der Waals surface area contributed by atoms with Crippen molar-refractivity contribution in [3.63, 3.8) is 0 Å². The predicted molar refractivity (Wildman–Crippen MR) is 102 cm³/mol. The molecule has 1 aromatic carbocycles. The third-order valence-corrected chi connectivity index (χ3v) is 4.57. The molecule has 2 rings (SSSR count). The molecule has 2 N–H and O–H groups in total. The standard InChI is InChI=1S/C18H20N2O7S/c1-4-26-13-7-11(5-6-12(13)27-9-15(19)21)8-14-16(22)20(18(24)28-14)10(2)17(23)25-3/h5-8,10H,4,9H2,1-3H3,(H2,19,21). The molecule has 0 aliphatic carbocycles. The lowest BCUT2D eigenvalue weighted by Gasteiger charge is -2.18. The Morgan fingerprint density at radius 2 is 1.96 bits per heavy atom. The number of amides is 3. The van der Waals surface area contributed by atoms with Gasteiger partial charge in [-0.05, 0) is 49.4 Å². The van der Waals surface area contributed by atoms with Crippen LogP contribution in [-0.2, 0) is 19.1 Å². The maximum atomic E-state index is 12.5. The number of rotatable bonds is 8. The maximum Gasteiger partial charge on any atom is 0.328 e. The lowest BCUT2D eigenvalue weighted by Crippen LogP contribution is -2.42. The second-order valence-corrected chi connectivity index (χ2v) is 6.64. The summed E-state index contributed by atoms with van der Waals surface area (Å²) >= 11 is 0.728. The number of primary amides is 1. The second-order valence-electron chi connectivity index (χ2n) is 5.65. The Hall–Kier alpha value is -3.01. The summed E-state index contributed by atoms with van der Waals surface area (Å²) in [6.45, 7) is 3.25. The van der Waals surface area contributed by atoms with E-state index in [1.54, 1.807) is 25.1 Å². The average Bonchev–Trinajstić information content (AvgIpc) is 2.93. The second kappa shape index (κ2) is 9.27. The van der Waals surface area contributed by atoms with Gasteiger partial charge in [0.05, 0.1) is 18.6 Å². The van der Waals surface area contributed by atoms with Gasteiger partial charge in [0, 0.05) is 0 Å². The van der Waals surface area contributed by atoms with E-state index in [1.165, 1.54) is 20.1 Å². The maximum absolute atomic E-state index is 12.5. The van der Waals surface area contributed by atoms with Crippen LogP contribution >= 0.6 is 11.8 Å². The minimum atomic E-state index is -1.02. The summed E-state index contributed by atoms with van der Waals surface area (Å²) in [5.74, 6) is -1.21. The van der Waals surface area contributed by atoms with Crippen LogP contribution in [0.2, 0.25) is 0 Å². The fourth-order valence-electron chi connectivity index (χ4n) is 2.39. The normalized spacial score (nSPS) is 16.2. The van der Waals surface area contributed by atoms with E-state index in [0.29, 0.717) is 23.7 Å². The zero-order valence-corrected chi connectivity index (χ0v) is 16.4. The highest BCUT2D eigenvalue weighted by Crippen LogP contribution is 2.35. The highest BCUT2D eigenvalue weighted by atomic mass is 32.2. The van der Waals surface area contributed by atoms with E-state index >= 15 is 0 Å². The number of imide groups is 1. The smallest absolute Gasteiger partial charge is 0.328 e. The van der Waals surface area contributed by atoms with E-state index < -0.39 is 29.1 Å². The molecule has 3 amide bonds. The molecule has 1 aliphatic rings. The molecule has 1 heterocycles. The van der Waals surface area contributed by atoms with Crippen LogP contribution in [0, 0.1) is 0 Å². The fraction of sp³-hybridized carbons (Fsp3) is 0.333. The van der Waals surface area contributed by atoms with Crippen LogP contribution in [0.1, 0.15) is 19.4 Å². The summed E-state index contributed by atoms with van der Waals surface area (Å²) < 4.78 is 15.4. The highest BCUT2D eigenvalue weighted by molar-refractivity contribution is 8.18. The quantitative estimate of drug-likeness (QED) is 0.507. The average molecular weight is 408 g/mol. The summed E-state index contributed by atoms with van der Waals surface area (Å²) in [5.41, 5.74) is 5.65. The molecule has 10 heteroatoms. The number of ether oxygens (including phenoxy) is 3. The minimum absolute atomic E-state index is 0.161. The number of methoxy groups -OCH3 is 1. The van der Waals surface area contributed by atoms with Crippen molar-refractivity contribution in [3.8, 4) is 11.5 Å². The van der Waals surface area contributed by atoms with Gasteiger partial charge in [-0.1, -0.05) is 6.07 Å². The Bertz CT molecular complexity index is 837. The van der Waals surface area contributed by atoms with Crippen LogP contribution in [0.4, 0.5) is 4.79 Å². The number of thioether (sulfide) groups is 1. The largest absolute Gasteiger partial charge is 0.490 e. The SMILES string of the molecule is CCOc1cc(C=C2SC(=O)N(C(C)C(=O)OC)C2=O)ccc1OCC(N)=O. The summed E-state index contributed by atoms with van der Waals surface area (Å²) in [4.78, 5) is 48.3. The number of esters is 1. The molecule has 1 saturated heterocycles. The number of benzene rings is 1. The molecule has 1 aromatic rings. The summed E-state index contributed by atoms with van der Waals surface area (Å²) in [5, 5.41) is -0.555. The van der Waals surface area contributed by atoms with E-state index in [-0.39, 0.29) is 11.5 Å². The van der Waals surface area contributed by atoms with Gasteiger partial charge in [0.15, 0.2) is 18.1 Å². The number of hydrogen-bond donors (Lipinski definition) is 1. The van der Waals surface area contributed by atoms with Gasteiger partial charge in [-0.15, -0.1) is 0 Å². The molecule has 0 aromatic heterocycles. The zero-order chi connectivity index (χ0) is 20.8. The first-order valence-corrected chi connectivity index (χ1v) is 9.13. The molecule has 0 radical (unpaired) electrons. The molecule has 150 valence electrons. The molecule has 1 fully saturated rings. The third-order valence-electron chi connectivity index (χ3n) is 3.69. The monoisotopic (exact) mass is 408 g/mol. The van der Waals surface area contributed by atoms with E-state index in [0.717, 1.165) is 16.7 Å². The van der Waals surface area contributed by atoms with Gasteiger partial charge < -0.3 is 19.9 Å². The number of nitrogens with zero attached hydrogens (tertiary/aromatic N) is 1. The fourth-order valence-corrected chi connectivity index (χ4v) is 3.30. The minimum Gasteiger partial charge on any atom is -0.490 e. The number of carbonyl (C=O) groups excluding carboxylic acids is 4. The van der Waals surface area contributed by atoms with Crippen molar-refractivity contribution in [3.05, 3.63) is 28.7 Å². The zero-order valence-electron chi connectivity index (χ0n) is 15.6.